The minimum Gasteiger partial charge on any atom is -0.350 e. The number of hydrogen-bond acceptors (Lipinski definition) is 9. The van der Waals surface area contributed by atoms with Gasteiger partial charge in [-0.1, -0.05) is 27.7 Å². The van der Waals surface area contributed by atoms with Gasteiger partial charge in [-0.05, 0) is 30.3 Å². The number of allylic oxidation sites excluding steroid dienone is 1. The SMILES string of the molecule is CC1C=C(NC(=O)c2cccn2C)N=C1C(=O)NCCC(=O)Nc1cc(C(=O)Nc2cc(C(=O)Nc3cn(C)c(C(=O)NCCC(=O)C(C)(C)C)n3)n(C)c2)n(C)c1. The van der Waals surface area contributed by atoms with E-state index >= 15 is 0 Å². The molecule has 306 valence electrons. The molecule has 0 saturated heterocycles. The number of amides is 6. The fraction of sp³-hybridized carbons (Fsp3) is 0.359. The van der Waals surface area contributed by atoms with Crippen molar-refractivity contribution in [3.63, 3.8) is 0 Å². The number of hydrogen-bond donors (Lipinski definition) is 6. The van der Waals surface area contributed by atoms with Gasteiger partial charge in [0.05, 0.1) is 11.4 Å². The number of ketones is 1. The van der Waals surface area contributed by atoms with Crippen LogP contribution < -0.4 is 31.9 Å². The highest BCUT2D eigenvalue weighted by atomic mass is 16.2. The molecular formula is C39H48N12O7. The number of aliphatic imine (C=N–C) groups is 1. The normalized spacial score (nSPS) is 13.6. The Morgan fingerprint density at radius 1 is 0.672 bits per heavy atom. The van der Waals surface area contributed by atoms with E-state index in [1.807, 2.05) is 20.8 Å². The second kappa shape index (κ2) is 17.4. The maximum absolute atomic E-state index is 13.2. The first-order valence-electron chi connectivity index (χ1n) is 18.4. The van der Waals surface area contributed by atoms with Crippen LogP contribution in [0, 0.1) is 11.3 Å². The summed E-state index contributed by atoms with van der Waals surface area (Å²) in [5.41, 5.74) is 1.24. The number of carbonyl (C=O) groups is 7. The van der Waals surface area contributed by atoms with Gasteiger partial charge in [0, 0.05) is 90.2 Å². The quantitative estimate of drug-likeness (QED) is 0.104. The molecule has 0 aliphatic carbocycles. The molecule has 1 unspecified atom stereocenters. The molecular weight excluding hydrogens is 749 g/mol. The first-order valence-corrected chi connectivity index (χ1v) is 18.4. The second-order valence-corrected chi connectivity index (χ2v) is 14.9. The standard InChI is InChI=1S/C39H48N12O7/c1-22-16-29(46-34(54)25-10-9-15-48(25)5)44-32(22)37(57)40-14-12-31(53)42-23-17-26(49(6)19-23)35(55)43-24-18-27(50(7)20-24)36(56)47-30-21-51(8)33(45-30)38(58)41-13-11-28(52)39(2,3)4/h9-10,15-22H,11-14H2,1-8H3,(H,40,57)(H,41,58)(H,42,53)(H,43,55)(H,46,54)(H,47,56). The Hall–Kier alpha value is -7.05. The molecule has 0 spiro atoms. The van der Waals surface area contributed by atoms with Crippen molar-refractivity contribution < 1.29 is 33.6 Å². The van der Waals surface area contributed by atoms with Crippen LogP contribution >= 0.6 is 0 Å². The number of imidazole rings is 1. The van der Waals surface area contributed by atoms with Crippen molar-refractivity contribution in [2.24, 2.45) is 44.5 Å². The van der Waals surface area contributed by atoms with Crippen LogP contribution in [0.25, 0.3) is 0 Å². The Labute approximate surface area is 334 Å². The van der Waals surface area contributed by atoms with Gasteiger partial charge in [-0.2, -0.15) is 0 Å². The van der Waals surface area contributed by atoms with Crippen molar-refractivity contribution in [2.75, 3.05) is 29.0 Å². The number of aromatic nitrogens is 5. The predicted octanol–water partition coefficient (Wildman–Crippen LogP) is 2.48. The number of anilines is 3. The Morgan fingerprint density at radius 3 is 1.88 bits per heavy atom. The van der Waals surface area contributed by atoms with Crippen molar-refractivity contribution in [2.45, 2.75) is 40.5 Å². The molecule has 5 heterocycles. The lowest BCUT2D eigenvalue weighted by molar-refractivity contribution is -0.126. The molecule has 58 heavy (non-hydrogen) atoms. The topological polar surface area (TPSA) is 237 Å². The van der Waals surface area contributed by atoms with Crippen LogP contribution in [0.4, 0.5) is 17.2 Å². The highest BCUT2D eigenvalue weighted by Crippen LogP contribution is 2.20. The molecule has 19 nitrogen and oxygen atoms in total. The van der Waals surface area contributed by atoms with Gasteiger partial charge in [-0.3, -0.25) is 33.6 Å². The molecule has 5 rings (SSSR count). The summed E-state index contributed by atoms with van der Waals surface area (Å²) in [7, 11) is 6.61. The highest BCUT2D eigenvalue weighted by molar-refractivity contribution is 6.40. The van der Waals surface area contributed by atoms with Crippen LogP contribution in [0.5, 0.6) is 0 Å². The molecule has 0 fully saturated rings. The van der Waals surface area contributed by atoms with Crippen molar-refractivity contribution in [3.05, 3.63) is 83.9 Å². The molecule has 4 aromatic rings. The minimum absolute atomic E-state index is 0.0147. The van der Waals surface area contributed by atoms with E-state index in [0.717, 1.165) is 0 Å². The number of rotatable bonds is 15. The molecule has 0 bridgehead atoms. The Bertz CT molecular complexity index is 2350. The first-order chi connectivity index (χ1) is 27.3. The number of nitrogens with zero attached hydrogens (tertiary/aromatic N) is 6. The minimum atomic E-state index is -0.539. The van der Waals surface area contributed by atoms with E-state index < -0.39 is 35.0 Å². The van der Waals surface area contributed by atoms with Crippen molar-refractivity contribution in [1.82, 2.24) is 39.2 Å². The van der Waals surface area contributed by atoms with Crippen molar-refractivity contribution >= 4 is 64.1 Å². The molecule has 6 N–H and O–H groups in total. The molecule has 1 aliphatic rings. The van der Waals surface area contributed by atoms with Crippen LogP contribution in [-0.2, 0) is 42.6 Å². The maximum atomic E-state index is 13.2. The molecule has 6 amide bonds. The number of carbonyl (C=O) groups excluding carboxylic acids is 7. The third-order valence-corrected chi connectivity index (χ3v) is 9.18. The largest absolute Gasteiger partial charge is 0.350 e. The highest BCUT2D eigenvalue weighted by Gasteiger charge is 2.26. The maximum Gasteiger partial charge on any atom is 0.287 e. The van der Waals surface area contributed by atoms with Crippen LogP contribution in [0.1, 0.15) is 82.6 Å². The number of nitrogens with one attached hydrogen (secondary N) is 6. The summed E-state index contributed by atoms with van der Waals surface area (Å²) in [5.74, 6) is -2.64. The summed E-state index contributed by atoms with van der Waals surface area (Å²) in [6.45, 7) is 7.38. The Morgan fingerprint density at radius 2 is 1.26 bits per heavy atom. The van der Waals surface area contributed by atoms with Gasteiger partial charge in [0.15, 0.2) is 5.82 Å². The zero-order chi connectivity index (χ0) is 42.5. The van der Waals surface area contributed by atoms with Gasteiger partial charge in [0.2, 0.25) is 11.7 Å². The van der Waals surface area contributed by atoms with Crippen LogP contribution in [0.3, 0.4) is 0 Å². The third kappa shape index (κ3) is 10.2. The van der Waals surface area contributed by atoms with Crippen LogP contribution in [0.15, 0.2) is 65.9 Å². The van der Waals surface area contributed by atoms with Gasteiger partial charge in [-0.25, -0.2) is 9.98 Å². The first kappa shape index (κ1) is 42.1. The summed E-state index contributed by atoms with van der Waals surface area (Å²) in [5, 5.41) is 16.2. The summed E-state index contributed by atoms with van der Waals surface area (Å²) >= 11 is 0. The summed E-state index contributed by atoms with van der Waals surface area (Å²) < 4.78 is 6.17. The van der Waals surface area contributed by atoms with E-state index in [0.29, 0.717) is 17.1 Å². The smallest absolute Gasteiger partial charge is 0.287 e. The molecule has 19 heteroatoms. The van der Waals surface area contributed by atoms with Gasteiger partial charge in [0.25, 0.3) is 29.5 Å². The van der Waals surface area contributed by atoms with Crippen LogP contribution in [-0.4, -0.2) is 83.3 Å². The van der Waals surface area contributed by atoms with Gasteiger partial charge >= 0.3 is 0 Å². The fourth-order valence-corrected chi connectivity index (χ4v) is 5.97. The third-order valence-electron chi connectivity index (χ3n) is 9.18. The van der Waals surface area contributed by atoms with Crippen molar-refractivity contribution in [3.8, 4) is 0 Å². The molecule has 1 aliphatic heterocycles. The summed E-state index contributed by atoms with van der Waals surface area (Å²) in [6, 6.07) is 6.38. The summed E-state index contributed by atoms with van der Waals surface area (Å²) in [6.07, 6.45) is 8.14. The van der Waals surface area contributed by atoms with E-state index in [1.54, 1.807) is 76.5 Å². The van der Waals surface area contributed by atoms with Gasteiger partial charge < -0.3 is 50.2 Å². The van der Waals surface area contributed by atoms with Gasteiger partial charge in [-0.15, -0.1) is 0 Å². The lowest BCUT2D eigenvalue weighted by Gasteiger charge is -2.16. The monoisotopic (exact) mass is 796 g/mol. The average molecular weight is 797 g/mol. The number of Topliss-reactive ketones (excluding diaryl/α,β-unsaturated/α-hetero) is 1. The lowest BCUT2D eigenvalue weighted by Crippen LogP contribution is -2.35. The molecule has 0 saturated carbocycles. The number of aryl methyl sites for hydroxylation is 4. The average Bonchev–Trinajstić information content (AvgIpc) is 3.97. The van der Waals surface area contributed by atoms with E-state index in [4.69, 9.17) is 0 Å². The zero-order valence-electron chi connectivity index (χ0n) is 33.6. The van der Waals surface area contributed by atoms with E-state index in [-0.39, 0.29) is 78.1 Å². The van der Waals surface area contributed by atoms with E-state index in [1.165, 1.54) is 32.0 Å². The van der Waals surface area contributed by atoms with Crippen molar-refractivity contribution in [1.29, 1.82) is 0 Å². The molecule has 4 aromatic heterocycles. The second-order valence-electron chi connectivity index (χ2n) is 14.9. The van der Waals surface area contributed by atoms with Crippen LogP contribution in [0.2, 0.25) is 0 Å². The van der Waals surface area contributed by atoms with E-state index in [9.17, 15) is 33.6 Å². The van der Waals surface area contributed by atoms with E-state index in [2.05, 4.69) is 41.9 Å². The molecule has 0 radical (unpaired) electrons. The Kier molecular flexibility index (Phi) is 12.6. The zero-order valence-corrected chi connectivity index (χ0v) is 33.6. The summed E-state index contributed by atoms with van der Waals surface area (Å²) in [4.78, 5) is 97.8. The lowest BCUT2D eigenvalue weighted by atomic mass is 9.89. The van der Waals surface area contributed by atoms with Gasteiger partial charge in [0.1, 0.15) is 34.4 Å². The Balaban J connectivity index is 1.08. The fourth-order valence-electron chi connectivity index (χ4n) is 5.97. The molecule has 0 aromatic carbocycles. The molecule has 1 atom stereocenters. The predicted molar refractivity (Wildman–Crippen MR) is 215 cm³/mol.